The van der Waals surface area contributed by atoms with E-state index in [0.717, 1.165) is 28.1 Å². The Bertz CT molecular complexity index is 1170. The van der Waals surface area contributed by atoms with Crippen LogP contribution in [0.5, 0.6) is 5.75 Å². The van der Waals surface area contributed by atoms with Gasteiger partial charge < -0.3 is 4.74 Å². The number of carbonyl (C=O) groups is 1. The van der Waals surface area contributed by atoms with Gasteiger partial charge in [0.25, 0.3) is 5.91 Å². The molecule has 4 nitrogen and oxygen atoms in total. The number of anilines is 1. The first-order valence-electron chi connectivity index (χ1n) is 9.47. The summed E-state index contributed by atoms with van der Waals surface area (Å²) in [6.07, 6.45) is 1.89. The van der Waals surface area contributed by atoms with Crippen molar-refractivity contribution in [2.24, 2.45) is 0 Å². The van der Waals surface area contributed by atoms with E-state index >= 15 is 0 Å². The van der Waals surface area contributed by atoms with Crippen LogP contribution in [0.3, 0.4) is 0 Å². The smallest absolute Gasteiger partial charge is 0.258 e. The standard InChI is InChI=1S/C25H20N2O2S/c1-29-23-15-9-8-14-20(23)22-17-30-25(26-22)27-24(28)21(19-12-6-3-7-13-19)16-18-10-4-2-5-11-18/h2-17H,1H3,(H,26,27,28)/b21-16+. The number of nitrogens with one attached hydrogen (secondary N) is 1. The van der Waals surface area contributed by atoms with E-state index in [2.05, 4.69) is 10.3 Å². The van der Waals surface area contributed by atoms with Crippen LogP contribution >= 0.6 is 11.3 Å². The maximum atomic E-state index is 13.1. The van der Waals surface area contributed by atoms with Gasteiger partial charge in [-0.15, -0.1) is 11.3 Å². The minimum atomic E-state index is -0.203. The minimum Gasteiger partial charge on any atom is -0.496 e. The van der Waals surface area contributed by atoms with E-state index in [1.165, 1.54) is 11.3 Å². The van der Waals surface area contributed by atoms with Gasteiger partial charge in [0.1, 0.15) is 5.75 Å². The molecule has 0 spiro atoms. The van der Waals surface area contributed by atoms with E-state index in [-0.39, 0.29) is 5.91 Å². The van der Waals surface area contributed by atoms with E-state index < -0.39 is 0 Å². The van der Waals surface area contributed by atoms with Gasteiger partial charge in [0.2, 0.25) is 0 Å². The van der Waals surface area contributed by atoms with Gasteiger partial charge in [-0.05, 0) is 29.3 Å². The van der Waals surface area contributed by atoms with Gasteiger partial charge >= 0.3 is 0 Å². The molecule has 30 heavy (non-hydrogen) atoms. The molecule has 0 aliphatic heterocycles. The van der Waals surface area contributed by atoms with Gasteiger partial charge in [-0.3, -0.25) is 10.1 Å². The molecule has 1 amide bonds. The number of methoxy groups -OCH3 is 1. The Kier molecular flexibility index (Phi) is 6.01. The fraction of sp³-hybridized carbons (Fsp3) is 0.0400. The fourth-order valence-corrected chi connectivity index (χ4v) is 3.79. The second-order valence-electron chi connectivity index (χ2n) is 6.53. The number of nitrogens with zero attached hydrogens (tertiary/aromatic N) is 1. The number of thiazole rings is 1. The molecule has 148 valence electrons. The molecule has 1 heterocycles. The molecule has 0 saturated heterocycles. The fourth-order valence-electron chi connectivity index (χ4n) is 3.09. The Morgan fingerprint density at radius 2 is 1.60 bits per heavy atom. The summed E-state index contributed by atoms with van der Waals surface area (Å²) in [6, 6.07) is 27.1. The predicted octanol–water partition coefficient (Wildman–Crippen LogP) is 6.00. The van der Waals surface area contributed by atoms with Crippen LogP contribution in [0, 0.1) is 0 Å². The Labute approximate surface area is 179 Å². The van der Waals surface area contributed by atoms with E-state index in [9.17, 15) is 4.79 Å². The summed E-state index contributed by atoms with van der Waals surface area (Å²) >= 11 is 1.38. The van der Waals surface area contributed by atoms with Crippen molar-refractivity contribution in [2.45, 2.75) is 0 Å². The summed E-state index contributed by atoms with van der Waals surface area (Å²) in [7, 11) is 1.63. The lowest BCUT2D eigenvalue weighted by Gasteiger charge is -2.08. The van der Waals surface area contributed by atoms with Crippen molar-refractivity contribution in [1.82, 2.24) is 4.98 Å². The summed E-state index contributed by atoms with van der Waals surface area (Å²) in [4.78, 5) is 17.7. The predicted molar refractivity (Wildman–Crippen MR) is 123 cm³/mol. The number of ether oxygens (including phenoxy) is 1. The molecule has 3 aromatic carbocycles. The van der Waals surface area contributed by atoms with Gasteiger partial charge in [-0.1, -0.05) is 72.8 Å². The van der Waals surface area contributed by atoms with Crippen LogP contribution in [0.15, 0.2) is 90.3 Å². The van der Waals surface area contributed by atoms with Gasteiger partial charge in [0.05, 0.1) is 12.8 Å². The van der Waals surface area contributed by atoms with E-state index in [1.54, 1.807) is 7.11 Å². The molecule has 0 saturated carbocycles. The number of hydrogen-bond donors (Lipinski definition) is 1. The zero-order valence-corrected chi connectivity index (χ0v) is 17.2. The lowest BCUT2D eigenvalue weighted by molar-refractivity contribution is -0.111. The third-order valence-electron chi connectivity index (χ3n) is 4.55. The van der Waals surface area contributed by atoms with E-state index in [0.29, 0.717) is 10.7 Å². The Balaban J connectivity index is 1.62. The zero-order valence-electron chi connectivity index (χ0n) is 16.4. The van der Waals surface area contributed by atoms with Gasteiger partial charge in [0, 0.05) is 16.5 Å². The molecule has 0 atom stereocenters. The second-order valence-corrected chi connectivity index (χ2v) is 7.39. The highest BCUT2D eigenvalue weighted by Crippen LogP contribution is 2.32. The van der Waals surface area contributed by atoms with Crippen molar-refractivity contribution in [3.05, 3.63) is 101 Å². The number of hydrogen-bond acceptors (Lipinski definition) is 4. The number of amides is 1. The van der Waals surface area contributed by atoms with Crippen LogP contribution in [-0.4, -0.2) is 18.0 Å². The van der Waals surface area contributed by atoms with E-state index in [1.807, 2.05) is 96.4 Å². The molecule has 0 radical (unpaired) electrons. The highest BCUT2D eigenvalue weighted by molar-refractivity contribution is 7.14. The molecule has 4 aromatic rings. The molecular formula is C25H20N2O2S. The maximum Gasteiger partial charge on any atom is 0.258 e. The molecule has 0 bridgehead atoms. The quantitative estimate of drug-likeness (QED) is 0.312. The first-order chi connectivity index (χ1) is 14.7. The molecule has 0 fully saturated rings. The molecule has 1 N–H and O–H groups in total. The topological polar surface area (TPSA) is 51.2 Å². The largest absolute Gasteiger partial charge is 0.496 e. The van der Waals surface area contributed by atoms with Crippen LogP contribution < -0.4 is 10.1 Å². The van der Waals surface area contributed by atoms with Crippen LogP contribution in [-0.2, 0) is 4.79 Å². The Morgan fingerprint density at radius 1 is 0.933 bits per heavy atom. The van der Waals surface area contributed by atoms with Crippen LogP contribution in [0.2, 0.25) is 0 Å². The van der Waals surface area contributed by atoms with Gasteiger partial charge in [0.15, 0.2) is 5.13 Å². The number of rotatable bonds is 6. The number of aromatic nitrogens is 1. The van der Waals surface area contributed by atoms with Gasteiger partial charge in [-0.25, -0.2) is 4.98 Å². The first kappa shape index (κ1) is 19.6. The SMILES string of the molecule is COc1ccccc1-c1csc(NC(=O)/C(=C/c2ccccc2)c2ccccc2)n1. The van der Waals surface area contributed by atoms with Gasteiger partial charge in [-0.2, -0.15) is 0 Å². The number of benzene rings is 3. The first-order valence-corrected chi connectivity index (χ1v) is 10.3. The lowest BCUT2D eigenvalue weighted by atomic mass is 10.0. The maximum absolute atomic E-state index is 13.1. The minimum absolute atomic E-state index is 0.203. The molecule has 4 rings (SSSR count). The van der Waals surface area contributed by atoms with Crippen molar-refractivity contribution in [3.8, 4) is 17.0 Å². The summed E-state index contributed by atoms with van der Waals surface area (Å²) in [5, 5.41) is 5.40. The third kappa shape index (κ3) is 4.47. The molecule has 0 unspecified atom stereocenters. The van der Waals surface area contributed by atoms with Crippen LogP contribution in [0.1, 0.15) is 11.1 Å². The summed E-state index contributed by atoms with van der Waals surface area (Å²) in [5.74, 6) is 0.542. The average Bonchev–Trinajstić information content (AvgIpc) is 3.27. The molecule has 5 heteroatoms. The zero-order chi connectivity index (χ0) is 20.8. The lowest BCUT2D eigenvalue weighted by Crippen LogP contribution is -2.13. The number of para-hydroxylation sites is 1. The number of carbonyl (C=O) groups excluding carboxylic acids is 1. The normalized spacial score (nSPS) is 11.2. The van der Waals surface area contributed by atoms with Crippen molar-refractivity contribution < 1.29 is 9.53 Å². The monoisotopic (exact) mass is 412 g/mol. The molecule has 1 aromatic heterocycles. The molecule has 0 aliphatic carbocycles. The third-order valence-corrected chi connectivity index (χ3v) is 5.31. The van der Waals surface area contributed by atoms with Crippen LogP contribution in [0.4, 0.5) is 5.13 Å². The molecular weight excluding hydrogens is 392 g/mol. The summed E-state index contributed by atoms with van der Waals surface area (Å²) in [6.45, 7) is 0. The highest BCUT2D eigenvalue weighted by atomic mass is 32.1. The highest BCUT2D eigenvalue weighted by Gasteiger charge is 2.15. The van der Waals surface area contributed by atoms with Crippen molar-refractivity contribution in [3.63, 3.8) is 0 Å². The Hall–Kier alpha value is -3.70. The average molecular weight is 413 g/mol. The van der Waals surface area contributed by atoms with Crippen molar-refractivity contribution in [2.75, 3.05) is 12.4 Å². The van der Waals surface area contributed by atoms with Crippen molar-refractivity contribution in [1.29, 1.82) is 0 Å². The Morgan fingerprint density at radius 3 is 2.33 bits per heavy atom. The van der Waals surface area contributed by atoms with E-state index in [4.69, 9.17) is 4.74 Å². The summed E-state index contributed by atoms with van der Waals surface area (Å²) in [5.41, 5.74) is 4.04. The summed E-state index contributed by atoms with van der Waals surface area (Å²) < 4.78 is 5.42. The van der Waals surface area contributed by atoms with Crippen LogP contribution in [0.25, 0.3) is 22.9 Å². The molecule has 0 aliphatic rings. The van der Waals surface area contributed by atoms with Crippen molar-refractivity contribution >= 4 is 34.0 Å². The second kappa shape index (κ2) is 9.20.